The smallest absolute Gasteiger partial charge is 0.130 e. The lowest BCUT2D eigenvalue weighted by atomic mass is 9.87. The number of anilines is 1. The molecule has 0 spiro atoms. The number of hydrogen-bond acceptors (Lipinski definition) is 3. The van der Waals surface area contributed by atoms with Crippen molar-refractivity contribution in [3.8, 4) is 5.75 Å². The van der Waals surface area contributed by atoms with E-state index in [9.17, 15) is 0 Å². The summed E-state index contributed by atoms with van der Waals surface area (Å²) in [6.07, 6.45) is 1.64. The fourth-order valence-corrected chi connectivity index (χ4v) is 1.73. The first kappa shape index (κ1) is 13.4. The predicted molar refractivity (Wildman–Crippen MR) is 78.1 cm³/mol. The van der Waals surface area contributed by atoms with Crippen molar-refractivity contribution < 1.29 is 4.74 Å². The average Bonchev–Trinajstić information content (AvgIpc) is 2.37. The highest BCUT2D eigenvalue weighted by Crippen LogP contribution is 2.25. The monoisotopic (exact) mass is 256 g/mol. The van der Waals surface area contributed by atoms with Crippen molar-refractivity contribution in [2.75, 3.05) is 5.73 Å². The summed E-state index contributed by atoms with van der Waals surface area (Å²) in [6, 6.07) is 11.9. The molecule has 0 amide bonds. The van der Waals surface area contributed by atoms with Gasteiger partial charge in [0.05, 0.1) is 17.6 Å². The van der Waals surface area contributed by atoms with Crippen LogP contribution in [0.1, 0.15) is 32.0 Å². The third-order valence-electron chi connectivity index (χ3n) is 2.93. The van der Waals surface area contributed by atoms with Gasteiger partial charge in [0.2, 0.25) is 0 Å². The van der Waals surface area contributed by atoms with Gasteiger partial charge in [0.1, 0.15) is 12.4 Å². The van der Waals surface area contributed by atoms with E-state index in [4.69, 9.17) is 10.5 Å². The highest BCUT2D eigenvalue weighted by molar-refractivity contribution is 5.35. The van der Waals surface area contributed by atoms with Gasteiger partial charge in [0.25, 0.3) is 0 Å². The van der Waals surface area contributed by atoms with Crippen molar-refractivity contribution in [3.63, 3.8) is 0 Å². The number of nitrogen functional groups attached to an aromatic ring is 1. The minimum Gasteiger partial charge on any atom is -0.487 e. The van der Waals surface area contributed by atoms with Gasteiger partial charge in [0.15, 0.2) is 0 Å². The summed E-state index contributed by atoms with van der Waals surface area (Å²) in [4.78, 5) is 4.21. The number of hydrogen-bond donors (Lipinski definition) is 1. The standard InChI is InChI=1S/C16H20N2O/c1-16(2,3)12-5-4-6-15(9-12)19-11-14-8-7-13(17)10-18-14/h4-10H,11,17H2,1-3H3. The van der Waals surface area contributed by atoms with Gasteiger partial charge in [0, 0.05) is 0 Å². The molecule has 0 radical (unpaired) electrons. The zero-order chi connectivity index (χ0) is 13.9. The van der Waals surface area contributed by atoms with E-state index in [1.165, 1.54) is 5.56 Å². The van der Waals surface area contributed by atoms with Crippen LogP contribution in [0.5, 0.6) is 5.75 Å². The van der Waals surface area contributed by atoms with Gasteiger partial charge in [-0.25, -0.2) is 0 Å². The molecule has 0 aliphatic rings. The molecule has 100 valence electrons. The fourth-order valence-electron chi connectivity index (χ4n) is 1.73. The van der Waals surface area contributed by atoms with E-state index < -0.39 is 0 Å². The number of nitrogens with two attached hydrogens (primary N) is 1. The van der Waals surface area contributed by atoms with Gasteiger partial charge < -0.3 is 10.5 Å². The largest absolute Gasteiger partial charge is 0.487 e. The molecule has 1 aromatic heterocycles. The van der Waals surface area contributed by atoms with E-state index in [0.717, 1.165) is 11.4 Å². The molecule has 2 N–H and O–H groups in total. The Kier molecular flexibility index (Phi) is 3.74. The summed E-state index contributed by atoms with van der Waals surface area (Å²) in [5, 5.41) is 0. The number of ether oxygens (including phenoxy) is 1. The molecule has 19 heavy (non-hydrogen) atoms. The van der Waals surface area contributed by atoms with E-state index in [-0.39, 0.29) is 5.41 Å². The Labute approximate surface area is 114 Å². The van der Waals surface area contributed by atoms with Gasteiger partial charge in [-0.3, -0.25) is 4.98 Å². The first-order valence-electron chi connectivity index (χ1n) is 6.39. The third kappa shape index (κ3) is 3.71. The maximum atomic E-state index is 5.76. The third-order valence-corrected chi connectivity index (χ3v) is 2.93. The van der Waals surface area contributed by atoms with Crippen LogP contribution in [-0.4, -0.2) is 4.98 Å². The molecule has 0 bridgehead atoms. The number of benzene rings is 1. The van der Waals surface area contributed by atoms with E-state index in [1.54, 1.807) is 6.20 Å². The molecular formula is C16H20N2O. The van der Waals surface area contributed by atoms with Crippen LogP contribution in [0.25, 0.3) is 0 Å². The van der Waals surface area contributed by atoms with Gasteiger partial charge in [-0.1, -0.05) is 32.9 Å². The summed E-state index contributed by atoms with van der Waals surface area (Å²) in [7, 11) is 0. The summed E-state index contributed by atoms with van der Waals surface area (Å²) < 4.78 is 5.76. The maximum absolute atomic E-state index is 5.76. The minimum absolute atomic E-state index is 0.124. The average molecular weight is 256 g/mol. The molecule has 1 aromatic carbocycles. The molecule has 0 saturated carbocycles. The molecule has 2 rings (SSSR count). The number of pyridine rings is 1. The fraction of sp³-hybridized carbons (Fsp3) is 0.312. The van der Waals surface area contributed by atoms with Crippen LogP contribution in [0.3, 0.4) is 0 Å². The van der Waals surface area contributed by atoms with Crippen molar-refractivity contribution in [2.45, 2.75) is 32.8 Å². The highest BCUT2D eigenvalue weighted by Gasteiger charge is 2.13. The first-order chi connectivity index (χ1) is 8.95. The van der Waals surface area contributed by atoms with Crippen LogP contribution in [0, 0.1) is 0 Å². The van der Waals surface area contributed by atoms with Gasteiger partial charge in [-0.05, 0) is 35.2 Å². The lowest BCUT2D eigenvalue weighted by Gasteiger charge is -2.19. The van der Waals surface area contributed by atoms with Crippen LogP contribution in [0.15, 0.2) is 42.6 Å². The number of nitrogens with zero attached hydrogens (tertiary/aromatic N) is 1. The Morgan fingerprint density at radius 2 is 1.95 bits per heavy atom. The summed E-state index contributed by atoms with van der Waals surface area (Å²) >= 11 is 0. The van der Waals surface area contributed by atoms with Crippen molar-refractivity contribution in [3.05, 3.63) is 53.9 Å². The van der Waals surface area contributed by atoms with E-state index >= 15 is 0 Å². The van der Waals surface area contributed by atoms with Crippen LogP contribution in [0.2, 0.25) is 0 Å². The Balaban J connectivity index is 2.05. The molecule has 2 aromatic rings. The SMILES string of the molecule is CC(C)(C)c1cccc(OCc2ccc(N)cn2)c1. The number of rotatable bonds is 3. The van der Waals surface area contributed by atoms with Crippen molar-refractivity contribution in [1.82, 2.24) is 4.98 Å². The van der Waals surface area contributed by atoms with Crippen LogP contribution < -0.4 is 10.5 Å². The highest BCUT2D eigenvalue weighted by atomic mass is 16.5. The molecular weight excluding hydrogens is 236 g/mol. The van der Waals surface area contributed by atoms with E-state index in [1.807, 2.05) is 24.3 Å². The molecule has 3 nitrogen and oxygen atoms in total. The molecule has 1 heterocycles. The summed E-state index contributed by atoms with van der Waals surface area (Å²) in [5.41, 5.74) is 8.52. The quantitative estimate of drug-likeness (QED) is 0.913. The van der Waals surface area contributed by atoms with Crippen LogP contribution in [0.4, 0.5) is 5.69 Å². The number of aromatic nitrogens is 1. The lowest BCUT2D eigenvalue weighted by Crippen LogP contribution is -2.11. The van der Waals surface area contributed by atoms with Crippen molar-refractivity contribution in [1.29, 1.82) is 0 Å². The molecule has 0 atom stereocenters. The molecule has 0 saturated heterocycles. The van der Waals surface area contributed by atoms with Crippen molar-refractivity contribution >= 4 is 5.69 Å². The zero-order valence-electron chi connectivity index (χ0n) is 11.7. The van der Waals surface area contributed by atoms with E-state index in [2.05, 4.69) is 37.9 Å². The van der Waals surface area contributed by atoms with Crippen LogP contribution >= 0.6 is 0 Å². The topological polar surface area (TPSA) is 48.1 Å². The molecule has 0 aliphatic heterocycles. The second-order valence-electron chi connectivity index (χ2n) is 5.65. The molecule has 0 fully saturated rings. The zero-order valence-corrected chi connectivity index (χ0v) is 11.7. The normalized spacial score (nSPS) is 11.3. The van der Waals surface area contributed by atoms with E-state index in [0.29, 0.717) is 12.3 Å². The summed E-state index contributed by atoms with van der Waals surface area (Å²) in [5.74, 6) is 0.867. The maximum Gasteiger partial charge on any atom is 0.130 e. The second kappa shape index (κ2) is 5.31. The molecule has 0 aliphatic carbocycles. The van der Waals surface area contributed by atoms with Gasteiger partial charge in [-0.2, -0.15) is 0 Å². The van der Waals surface area contributed by atoms with Gasteiger partial charge >= 0.3 is 0 Å². The Hall–Kier alpha value is -2.03. The summed E-state index contributed by atoms with van der Waals surface area (Å²) in [6.45, 7) is 7.02. The molecule has 0 unspecified atom stereocenters. The molecule has 3 heteroatoms. The Morgan fingerprint density at radius 3 is 2.58 bits per heavy atom. The Bertz CT molecular complexity index is 541. The van der Waals surface area contributed by atoms with Crippen molar-refractivity contribution in [2.24, 2.45) is 0 Å². The minimum atomic E-state index is 0.124. The predicted octanol–water partition coefficient (Wildman–Crippen LogP) is 3.54. The first-order valence-corrected chi connectivity index (χ1v) is 6.39. The lowest BCUT2D eigenvalue weighted by molar-refractivity contribution is 0.300. The van der Waals surface area contributed by atoms with Gasteiger partial charge in [-0.15, -0.1) is 0 Å². The van der Waals surface area contributed by atoms with Crippen LogP contribution in [-0.2, 0) is 12.0 Å². The second-order valence-corrected chi connectivity index (χ2v) is 5.65. The Morgan fingerprint density at radius 1 is 1.16 bits per heavy atom.